The molecule has 0 saturated carbocycles. The van der Waals surface area contributed by atoms with E-state index in [1.807, 2.05) is 0 Å². The van der Waals surface area contributed by atoms with Crippen molar-refractivity contribution in [1.82, 2.24) is 0 Å². The molecule has 0 heterocycles. The smallest absolute Gasteiger partial charge is 0.438 e. The van der Waals surface area contributed by atoms with Crippen LogP contribution in [0.3, 0.4) is 0 Å². The van der Waals surface area contributed by atoms with E-state index < -0.39 is 168 Å². The molecule has 0 amide bonds. The van der Waals surface area contributed by atoms with Crippen LogP contribution in [-0.2, 0) is 139 Å². The van der Waals surface area contributed by atoms with Gasteiger partial charge in [-0.2, -0.15) is 39.5 Å². The van der Waals surface area contributed by atoms with Gasteiger partial charge in [0.1, 0.15) is 28.7 Å². The second-order valence-corrected chi connectivity index (χ2v) is 27.8. The lowest BCUT2D eigenvalue weighted by Crippen LogP contribution is -2.65. The Labute approximate surface area is 670 Å². The number of hydrogen-bond donors (Lipinski definition) is 0. The van der Waals surface area contributed by atoms with Crippen LogP contribution in [0.15, 0.2) is 72.8 Å². The van der Waals surface area contributed by atoms with Crippen LogP contribution < -0.4 is 23.7 Å². The first-order valence-electron chi connectivity index (χ1n) is 33.1. The van der Waals surface area contributed by atoms with Crippen LogP contribution in [-0.4, -0.2) is 227 Å². The number of ether oxygens (including phenoxy) is 7. The fraction of sp³-hybridized carbons (Fsp3) is 0.368. The third-order valence-electron chi connectivity index (χ3n) is 17.1. The number of rotatable bonds is 33. The van der Waals surface area contributed by atoms with Gasteiger partial charge in [0.2, 0.25) is 5.60 Å². The number of halogens is 9. The van der Waals surface area contributed by atoms with Crippen molar-refractivity contribution in [3.8, 4) is 28.7 Å². The maximum atomic E-state index is 14.5. The molecule has 114 heavy (non-hydrogen) atoms. The molecule has 30 radical (unpaired) electrons. The van der Waals surface area contributed by atoms with Gasteiger partial charge in [-0.3, -0.25) is 4.79 Å². The minimum atomic E-state index is -6.86. The molecule has 0 N–H and O–H groups in total. The maximum Gasteiger partial charge on any atom is 0.438 e. The predicted octanol–water partition coefficient (Wildman–Crippen LogP) is 3.55. The van der Waals surface area contributed by atoms with Crippen molar-refractivity contribution >= 4 is 180 Å². The van der Waals surface area contributed by atoms with E-state index in [4.69, 9.17) is 146 Å². The van der Waals surface area contributed by atoms with Gasteiger partial charge in [0.05, 0.1) is 172 Å². The van der Waals surface area contributed by atoms with Crippen LogP contribution in [0.5, 0.6) is 28.7 Å². The molecule has 1 atom stereocenters. The van der Waals surface area contributed by atoms with Crippen molar-refractivity contribution < 1.29 is 132 Å². The lowest BCUT2D eigenvalue weighted by molar-refractivity contribution is -0.362. The van der Waals surface area contributed by atoms with Crippen molar-refractivity contribution in [3.63, 3.8) is 0 Å². The van der Waals surface area contributed by atoms with E-state index in [1.54, 1.807) is 0 Å². The number of carbonyl (C=O) groups is 7. The summed E-state index contributed by atoms with van der Waals surface area (Å²) < 4.78 is 233. The van der Waals surface area contributed by atoms with E-state index in [9.17, 15) is 99.0 Å². The molecule has 0 aliphatic carbocycles. The number of esters is 7. The second kappa shape index (κ2) is 39.6. The lowest BCUT2D eigenvalue weighted by atomic mass is 9.84. The van der Waals surface area contributed by atoms with Gasteiger partial charge < -0.3 is 42.3 Å². The van der Waals surface area contributed by atoms with Crippen molar-refractivity contribution in [1.29, 1.82) is 0 Å². The Balaban J connectivity index is 0.000000424. The SMILES string of the molecule is [B]Cc1cc(C[B])c(OC(=O)C(C)(C(=O)Oc2c(C[B])cc(C[B])cc2C[B])C(=O)OC(CS(=O)(=O)[O-])(C(F)(F)F)C(F)(F)F)c(C[B])c1.[B]Cc1cc(C[B])c(OC(=O)c2cc(C(=O)Oc3c(C[B])cc(C[B])cc3C[B])c(C(=O)OC(C)(CS(=O)(=O)[O-])C(F)(F)F)cc2C(=O)Oc2c(C[B])cc(C[B])cc2C[B])c(C[B])c1. The second-order valence-electron chi connectivity index (χ2n) is 25.0. The first-order valence-corrected chi connectivity index (χ1v) is 36.3. The Morgan fingerprint density at radius 3 is 0.693 bits per heavy atom. The van der Waals surface area contributed by atoms with Crippen molar-refractivity contribution in [2.45, 2.75) is 138 Å². The summed E-state index contributed by atoms with van der Waals surface area (Å²) in [5.41, 5.74) is -15.0. The Kier molecular flexibility index (Phi) is 33.5. The molecule has 20 nitrogen and oxygen atoms in total. The number of carbonyl (C=O) groups excluding carboxylic acids is 7. The zero-order valence-electron chi connectivity index (χ0n) is 60.5. The van der Waals surface area contributed by atoms with Crippen LogP contribution in [0.1, 0.15) is 139 Å². The summed E-state index contributed by atoms with van der Waals surface area (Å²) in [5, 5.41) is 0. The van der Waals surface area contributed by atoms with Crippen LogP contribution in [0, 0.1) is 5.41 Å². The fourth-order valence-electron chi connectivity index (χ4n) is 11.0. The molecule has 0 aliphatic rings. The van der Waals surface area contributed by atoms with E-state index in [1.165, 1.54) is 60.7 Å². The number of benzene rings is 6. The molecule has 6 aromatic rings. The summed E-state index contributed by atoms with van der Waals surface area (Å²) in [6.45, 7) is 0.271. The average Bonchev–Trinajstić information content (AvgIpc) is 0.724. The summed E-state index contributed by atoms with van der Waals surface area (Å²) in [7, 11) is 75.0. The van der Waals surface area contributed by atoms with E-state index in [0.29, 0.717) is 39.9 Å². The third kappa shape index (κ3) is 22.5. The molecule has 0 fully saturated rings. The van der Waals surface area contributed by atoms with Crippen molar-refractivity contribution in [3.05, 3.63) is 179 Å². The topological polar surface area (TPSA) is 298 Å². The van der Waals surface area contributed by atoms with Gasteiger partial charge in [0, 0.05) is 0 Å². The van der Waals surface area contributed by atoms with Crippen molar-refractivity contribution in [2.75, 3.05) is 11.5 Å². The normalized spacial score (nSPS) is 12.6. The Hall–Kier alpha value is -8.23. The molecular weight excluding hydrogens is 1530 g/mol. The molecule has 0 aliphatic heterocycles. The van der Waals surface area contributed by atoms with Crippen molar-refractivity contribution in [2.24, 2.45) is 5.41 Å². The molecular formula is C68H52B15F9O20S2-2. The third-order valence-corrected chi connectivity index (χ3v) is 18.7. The van der Waals surface area contributed by atoms with E-state index >= 15 is 0 Å². The van der Waals surface area contributed by atoms with Crippen LogP contribution in [0.25, 0.3) is 0 Å². The van der Waals surface area contributed by atoms with E-state index in [2.05, 4.69) is 4.74 Å². The average molecular weight is 1590 g/mol. The first-order chi connectivity index (χ1) is 53.0. The highest BCUT2D eigenvalue weighted by atomic mass is 32.2. The molecule has 0 aromatic heterocycles. The van der Waals surface area contributed by atoms with E-state index in [0.717, 1.165) is 0 Å². The zero-order valence-corrected chi connectivity index (χ0v) is 62.1. The quantitative estimate of drug-likeness (QED) is 0.0142. The minimum absolute atomic E-state index is 0.00625. The minimum Gasteiger partial charge on any atom is -0.748 e. The predicted molar refractivity (Wildman–Crippen MR) is 405 cm³/mol. The molecule has 0 saturated heterocycles. The first kappa shape index (κ1) is 96.4. The van der Waals surface area contributed by atoms with Gasteiger partial charge in [-0.25, -0.2) is 45.6 Å². The highest BCUT2D eigenvalue weighted by Gasteiger charge is 2.76. The number of alkyl halides is 9. The molecule has 46 heteroatoms. The fourth-order valence-corrected chi connectivity index (χ4v) is 12.8. The largest absolute Gasteiger partial charge is 0.748 e. The van der Waals surface area contributed by atoms with E-state index in [-0.39, 0.29) is 156 Å². The van der Waals surface area contributed by atoms with Crippen LogP contribution in [0.2, 0.25) is 0 Å². The molecule has 1 unspecified atom stereocenters. The van der Waals surface area contributed by atoms with Gasteiger partial charge in [-0.05, 0) is 81.6 Å². The standard InChI is InChI=1S/C41H32B9F3O11S.C27H22B6F6O9S/c1-40(41(51,52)53,19-65(58,59)60)64-39(57)32-9-30(37(55)62-34-25(15-47)4-21(11-43)5-26(34)16-48)29(36(54)61-33-23(13-45)2-20(10-42)3-24(33)14-46)8-31(32)38(56)63-35-27(17-49)6-22(12-44)7-28(35)18-50;1-24(21(40)46-19-15(8-30)2-13(6-28)3-16(19)9-31,22(41)47-20-17(10-32)4-14(7-29)5-18(20)11-33)23(42)48-25(26(34,35)36,27(37,38)39)12-49(43,44)45/h2-9H,10-19H2,1H3,(H,58,59,60);2-5H,6-12H2,1H3,(H,43,44,45)/p-2. The van der Waals surface area contributed by atoms with Gasteiger partial charge in [0.25, 0.3) is 5.41 Å². The summed E-state index contributed by atoms with van der Waals surface area (Å²) in [6, 6.07) is 15.1. The summed E-state index contributed by atoms with van der Waals surface area (Å²) >= 11 is 0. The Bertz CT molecular complexity index is 4650. The Morgan fingerprint density at radius 2 is 0.509 bits per heavy atom. The van der Waals surface area contributed by atoms with Gasteiger partial charge in [-0.1, -0.05) is 183 Å². The van der Waals surface area contributed by atoms with Gasteiger partial charge in [-0.15, -0.1) is 0 Å². The zero-order chi connectivity index (χ0) is 86.4. The highest BCUT2D eigenvalue weighted by molar-refractivity contribution is 7.86. The summed E-state index contributed by atoms with van der Waals surface area (Å²) in [5.74, 6) is -21.6. The lowest BCUT2D eigenvalue weighted by Gasteiger charge is -2.38. The number of hydrogen-bond acceptors (Lipinski definition) is 20. The van der Waals surface area contributed by atoms with Gasteiger partial charge in [0.15, 0.2) is 0 Å². The molecule has 6 rings (SSSR count). The molecule has 0 bridgehead atoms. The maximum absolute atomic E-state index is 14.5. The monoisotopic (exact) mass is 1590 g/mol. The van der Waals surface area contributed by atoms with Crippen LogP contribution in [0.4, 0.5) is 39.5 Å². The summed E-state index contributed by atoms with van der Waals surface area (Å²) in [6.07, 6.45) is -22.9. The van der Waals surface area contributed by atoms with Crippen LogP contribution >= 0.6 is 0 Å². The Morgan fingerprint density at radius 1 is 0.298 bits per heavy atom. The highest BCUT2D eigenvalue weighted by Crippen LogP contribution is 2.49. The molecule has 6 aromatic carbocycles. The molecule has 0 spiro atoms. The summed E-state index contributed by atoms with van der Waals surface area (Å²) in [4.78, 5) is 98.3. The molecule has 566 valence electrons. The van der Waals surface area contributed by atoms with Gasteiger partial charge >= 0.3 is 65.9 Å².